The highest BCUT2D eigenvalue weighted by Gasteiger charge is 2.31. The zero-order chi connectivity index (χ0) is 14.0. The van der Waals surface area contributed by atoms with Crippen LogP contribution in [-0.2, 0) is 0 Å². The van der Waals surface area contributed by atoms with Gasteiger partial charge in [0.1, 0.15) is 11.6 Å². The maximum absolute atomic E-state index is 12.1. The SMILES string of the molecule is O=c1[nH]c(-c2cccc(OC(F)(F)F)c2)ncc1I. The van der Waals surface area contributed by atoms with Crippen molar-refractivity contribution in [3.63, 3.8) is 0 Å². The van der Waals surface area contributed by atoms with Gasteiger partial charge in [0, 0.05) is 11.8 Å². The van der Waals surface area contributed by atoms with E-state index in [1.165, 1.54) is 24.4 Å². The van der Waals surface area contributed by atoms with Gasteiger partial charge in [0.25, 0.3) is 5.56 Å². The Balaban J connectivity index is 2.37. The molecule has 0 saturated carbocycles. The molecule has 2 rings (SSSR count). The van der Waals surface area contributed by atoms with Crippen molar-refractivity contribution in [2.24, 2.45) is 0 Å². The first-order valence-corrected chi connectivity index (χ1v) is 6.04. The van der Waals surface area contributed by atoms with Gasteiger partial charge in [0.15, 0.2) is 0 Å². The summed E-state index contributed by atoms with van der Waals surface area (Å²) in [7, 11) is 0. The summed E-state index contributed by atoms with van der Waals surface area (Å²) in [6, 6.07) is 5.23. The zero-order valence-corrected chi connectivity index (χ0v) is 11.3. The van der Waals surface area contributed by atoms with E-state index in [2.05, 4.69) is 14.7 Å². The molecule has 1 N–H and O–H groups in total. The minimum atomic E-state index is -4.76. The second-order valence-corrected chi connectivity index (χ2v) is 4.65. The van der Waals surface area contributed by atoms with Crippen LogP contribution in [0.25, 0.3) is 11.4 Å². The normalized spacial score (nSPS) is 11.4. The van der Waals surface area contributed by atoms with Gasteiger partial charge in [-0.05, 0) is 34.7 Å². The highest BCUT2D eigenvalue weighted by atomic mass is 127. The van der Waals surface area contributed by atoms with Crippen molar-refractivity contribution in [3.8, 4) is 17.1 Å². The molecule has 0 aliphatic rings. The van der Waals surface area contributed by atoms with E-state index in [4.69, 9.17) is 0 Å². The number of H-pyrrole nitrogens is 1. The lowest BCUT2D eigenvalue weighted by Crippen LogP contribution is -2.17. The molecule has 0 radical (unpaired) electrons. The fourth-order valence-electron chi connectivity index (χ4n) is 1.37. The number of alkyl halides is 3. The second-order valence-electron chi connectivity index (χ2n) is 3.48. The van der Waals surface area contributed by atoms with Crippen molar-refractivity contribution >= 4 is 22.6 Å². The average molecular weight is 382 g/mol. The van der Waals surface area contributed by atoms with Crippen molar-refractivity contribution < 1.29 is 17.9 Å². The second kappa shape index (κ2) is 5.19. The van der Waals surface area contributed by atoms with E-state index in [1.807, 2.05) is 0 Å². The molecule has 0 fully saturated rings. The molecular formula is C11H6F3IN2O2. The number of hydrogen-bond acceptors (Lipinski definition) is 3. The minimum absolute atomic E-state index is 0.179. The first-order valence-electron chi connectivity index (χ1n) is 4.96. The summed E-state index contributed by atoms with van der Waals surface area (Å²) in [6.07, 6.45) is -3.42. The summed E-state index contributed by atoms with van der Waals surface area (Å²) in [5.74, 6) is -0.191. The molecule has 1 aromatic heterocycles. The summed E-state index contributed by atoms with van der Waals surface area (Å²) in [4.78, 5) is 17.8. The van der Waals surface area contributed by atoms with Gasteiger partial charge in [0.2, 0.25) is 0 Å². The van der Waals surface area contributed by atoms with Crippen LogP contribution in [0.2, 0.25) is 0 Å². The number of halogens is 4. The minimum Gasteiger partial charge on any atom is -0.406 e. The van der Waals surface area contributed by atoms with Crippen LogP contribution in [0.1, 0.15) is 0 Å². The van der Waals surface area contributed by atoms with Gasteiger partial charge in [-0.1, -0.05) is 12.1 Å². The Labute approximate surface area is 118 Å². The van der Waals surface area contributed by atoms with Gasteiger partial charge in [-0.3, -0.25) is 4.79 Å². The Bertz CT molecular complexity index is 655. The summed E-state index contributed by atoms with van der Waals surface area (Å²) >= 11 is 1.81. The molecule has 19 heavy (non-hydrogen) atoms. The molecule has 1 aromatic carbocycles. The fourth-order valence-corrected chi connectivity index (χ4v) is 1.64. The largest absolute Gasteiger partial charge is 0.573 e. The molecule has 0 aliphatic carbocycles. The average Bonchev–Trinajstić information content (AvgIpc) is 2.31. The quantitative estimate of drug-likeness (QED) is 0.813. The Hall–Kier alpha value is -1.58. The Morgan fingerprint density at radius 2 is 2.05 bits per heavy atom. The number of aromatic amines is 1. The molecule has 8 heteroatoms. The van der Waals surface area contributed by atoms with Crippen LogP contribution in [0.4, 0.5) is 13.2 Å². The highest BCUT2D eigenvalue weighted by molar-refractivity contribution is 14.1. The predicted octanol–water partition coefficient (Wildman–Crippen LogP) is 2.94. The number of nitrogens with zero attached hydrogens (tertiary/aromatic N) is 1. The van der Waals surface area contributed by atoms with Crippen molar-refractivity contribution in [3.05, 3.63) is 44.4 Å². The van der Waals surface area contributed by atoms with Crippen LogP contribution >= 0.6 is 22.6 Å². The molecule has 1 heterocycles. The summed E-state index contributed by atoms with van der Waals surface area (Å²) in [5.41, 5.74) is -0.0250. The van der Waals surface area contributed by atoms with E-state index in [0.717, 1.165) is 6.07 Å². The number of ether oxygens (including phenoxy) is 1. The summed E-state index contributed by atoms with van der Waals surface area (Å²) in [5, 5.41) is 0. The molecule has 0 bridgehead atoms. The maximum Gasteiger partial charge on any atom is 0.573 e. The van der Waals surface area contributed by atoms with Gasteiger partial charge in [-0.25, -0.2) is 4.98 Å². The topological polar surface area (TPSA) is 55.0 Å². The van der Waals surface area contributed by atoms with E-state index in [1.54, 1.807) is 22.6 Å². The standard InChI is InChI=1S/C11H6F3IN2O2/c12-11(13,14)19-7-3-1-2-6(4-7)9-16-5-8(15)10(18)17-9/h1-5H,(H,16,17,18). The van der Waals surface area contributed by atoms with Gasteiger partial charge in [-0.2, -0.15) is 0 Å². The predicted molar refractivity (Wildman–Crippen MR) is 69.7 cm³/mol. The van der Waals surface area contributed by atoms with Gasteiger partial charge in [-0.15, -0.1) is 13.2 Å². The molecule has 0 amide bonds. The van der Waals surface area contributed by atoms with E-state index in [9.17, 15) is 18.0 Å². The molecule has 0 unspecified atom stereocenters. The Morgan fingerprint density at radius 1 is 1.32 bits per heavy atom. The first-order chi connectivity index (χ1) is 8.85. The zero-order valence-electron chi connectivity index (χ0n) is 9.16. The first kappa shape index (κ1) is 13.8. The van der Waals surface area contributed by atoms with E-state index >= 15 is 0 Å². The monoisotopic (exact) mass is 382 g/mol. The number of benzene rings is 1. The lowest BCUT2D eigenvalue weighted by molar-refractivity contribution is -0.274. The van der Waals surface area contributed by atoms with Crippen molar-refractivity contribution in [2.45, 2.75) is 6.36 Å². The molecule has 0 spiro atoms. The van der Waals surface area contributed by atoms with Gasteiger partial charge >= 0.3 is 6.36 Å². The van der Waals surface area contributed by atoms with Crippen molar-refractivity contribution in [1.82, 2.24) is 9.97 Å². The van der Waals surface area contributed by atoms with E-state index < -0.39 is 6.36 Å². The van der Waals surface area contributed by atoms with Gasteiger partial charge in [0.05, 0.1) is 3.57 Å². The van der Waals surface area contributed by atoms with Crippen LogP contribution < -0.4 is 10.3 Å². The lowest BCUT2D eigenvalue weighted by atomic mass is 10.2. The summed E-state index contributed by atoms with van der Waals surface area (Å²) in [6.45, 7) is 0. The number of nitrogens with one attached hydrogen (secondary N) is 1. The van der Waals surface area contributed by atoms with Crippen LogP contribution in [-0.4, -0.2) is 16.3 Å². The van der Waals surface area contributed by atoms with Crippen LogP contribution in [0.3, 0.4) is 0 Å². The maximum atomic E-state index is 12.1. The molecule has 100 valence electrons. The number of hydrogen-bond donors (Lipinski definition) is 1. The smallest absolute Gasteiger partial charge is 0.406 e. The van der Waals surface area contributed by atoms with Crippen LogP contribution in [0.5, 0.6) is 5.75 Å². The van der Waals surface area contributed by atoms with Crippen molar-refractivity contribution in [1.29, 1.82) is 0 Å². The molecule has 4 nitrogen and oxygen atoms in total. The Morgan fingerprint density at radius 3 is 2.68 bits per heavy atom. The third-order valence-corrected chi connectivity index (χ3v) is 2.87. The van der Waals surface area contributed by atoms with Crippen LogP contribution in [0, 0.1) is 3.57 Å². The third-order valence-electron chi connectivity index (χ3n) is 2.10. The van der Waals surface area contributed by atoms with E-state index in [0.29, 0.717) is 9.13 Å². The van der Waals surface area contributed by atoms with Gasteiger partial charge < -0.3 is 9.72 Å². The third kappa shape index (κ3) is 3.69. The lowest BCUT2D eigenvalue weighted by Gasteiger charge is -2.09. The molecular weight excluding hydrogens is 376 g/mol. The highest BCUT2D eigenvalue weighted by Crippen LogP contribution is 2.26. The molecule has 0 saturated heterocycles. The Kier molecular flexibility index (Phi) is 3.78. The van der Waals surface area contributed by atoms with Crippen LogP contribution in [0.15, 0.2) is 35.3 Å². The molecule has 2 aromatic rings. The molecule has 0 aliphatic heterocycles. The van der Waals surface area contributed by atoms with Crippen molar-refractivity contribution in [2.75, 3.05) is 0 Å². The fraction of sp³-hybridized carbons (Fsp3) is 0.0909. The van der Waals surface area contributed by atoms with E-state index in [-0.39, 0.29) is 17.1 Å². The molecule has 0 atom stereocenters. The summed E-state index contributed by atoms with van der Waals surface area (Å²) < 4.78 is 40.5. The number of rotatable bonds is 2. The number of aromatic nitrogens is 2.